The van der Waals surface area contributed by atoms with Crippen molar-refractivity contribution in [1.82, 2.24) is 4.90 Å². The Balaban J connectivity index is 1.99. The van der Waals surface area contributed by atoms with E-state index in [0.717, 1.165) is 11.1 Å². The first-order valence-corrected chi connectivity index (χ1v) is 8.83. The minimum absolute atomic E-state index is 0.0765. The maximum absolute atomic E-state index is 11.5. The molecule has 0 amide bonds. The highest BCUT2D eigenvalue weighted by Crippen LogP contribution is 2.20. The van der Waals surface area contributed by atoms with Crippen molar-refractivity contribution in [2.24, 2.45) is 0 Å². The van der Waals surface area contributed by atoms with E-state index in [1.165, 1.54) is 0 Å². The lowest BCUT2D eigenvalue weighted by Gasteiger charge is -2.23. The van der Waals surface area contributed by atoms with Crippen LogP contribution < -0.4 is 0 Å². The Morgan fingerprint density at radius 1 is 1.38 bits per heavy atom. The highest BCUT2D eigenvalue weighted by Gasteiger charge is 2.30. The van der Waals surface area contributed by atoms with Gasteiger partial charge in [0.15, 0.2) is 9.84 Å². The van der Waals surface area contributed by atoms with Crippen molar-refractivity contribution >= 4 is 15.8 Å². The van der Waals surface area contributed by atoms with E-state index in [9.17, 15) is 13.2 Å². The molecule has 0 aliphatic carbocycles. The zero-order valence-electron chi connectivity index (χ0n) is 12.3. The molecule has 116 valence electrons. The Labute approximate surface area is 125 Å². The molecule has 0 saturated carbocycles. The number of carboxylic acids is 1. The molecule has 1 aliphatic rings. The Kier molecular flexibility index (Phi) is 4.68. The average molecular weight is 311 g/mol. The van der Waals surface area contributed by atoms with Crippen LogP contribution in [0.1, 0.15) is 30.4 Å². The van der Waals surface area contributed by atoms with Crippen molar-refractivity contribution in [3.8, 4) is 0 Å². The fourth-order valence-electron chi connectivity index (χ4n) is 2.59. The lowest BCUT2D eigenvalue weighted by Crippen LogP contribution is -2.32. The summed E-state index contributed by atoms with van der Waals surface area (Å²) < 4.78 is 23.0. The van der Waals surface area contributed by atoms with E-state index >= 15 is 0 Å². The van der Waals surface area contributed by atoms with Crippen molar-refractivity contribution in [3.63, 3.8) is 0 Å². The molecule has 21 heavy (non-hydrogen) atoms. The molecule has 1 aromatic rings. The minimum Gasteiger partial charge on any atom is -0.481 e. The quantitative estimate of drug-likeness (QED) is 0.892. The molecule has 5 nitrogen and oxygen atoms in total. The van der Waals surface area contributed by atoms with Gasteiger partial charge in [-0.3, -0.25) is 9.69 Å². The summed E-state index contributed by atoms with van der Waals surface area (Å²) in [6.07, 6.45) is 0.687. The van der Waals surface area contributed by atoms with Crippen LogP contribution in [0.15, 0.2) is 24.3 Å². The Hall–Kier alpha value is -1.40. The normalized spacial score (nSPS) is 22.3. The topological polar surface area (TPSA) is 74.7 Å². The van der Waals surface area contributed by atoms with Crippen molar-refractivity contribution in [1.29, 1.82) is 0 Å². The maximum Gasteiger partial charge on any atom is 0.310 e. The molecule has 0 bridgehead atoms. The molecule has 1 saturated heterocycles. The van der Waals surface area contributed by atoms with Crippen LogP contribution in [0.5, 0.6) is 0 Å². The van der Waals surface area contributed by atoms with Gasteiger partial charge in [0.05, 0.1) is 17.4 Å². The number of carbonyl (C=O) groups is 1. The monoisotopic (exact) mass is 311 g/mol. The second-order valence-electron chi connectivity index (χ2n) is 5.77. The van der Waals surface area contributed by atoms with E-state index in [1.807, 2.05) is 31.3 Å². The molecule has 2 atom stereocenters. The van der Waals surface area contributed by atoms with E-state index in [1.54, 1.807) is 6.92 Å². The van der Waals surface area contributed by atoms with Crippen LogP contribution in [0, 0.1) is 0 Å². The van der Waals surface area contributed by atoms with Gasteiger partial charge in [0, 0.05) is 12.6 Å². The van der Waals surface area contributed by atoms with Crippen LogP contribution in [0.25, 0.3) is 0 Å². The fraction of sp³-hybridized carbons (Fsp3) is 0.533. The lowest BCUT2D eigenvalue weighted by atomic mass is 10.00. The van der Waals surface area contributed by atoms with E-state index < -0.39 is 21.7 Å². The van der Waals surface area contributed by atoms with Gasteiger partial charge in [-0.25, -0.2) is 8.42 Å². The number of rotatable bonds is 5. The molecular weight excluding hydrogens is 290 g/mol. The molecule has 2 rings (SSSR count). The number of hydrogen-bond acceptors (Lipinski definition) is 4. The highest BCUT2D eigenvalue weighted by molar-refractivity contribution is 7.91. The molecule has 1 heterocycles. The molecule has 0 spiro atoms. The zero-order chi connectivity index (χ0) is 15.6. The Bertz CT molecular complexity index is 609. The number of hydrogen-bond donors (Lipinski definition) is 1. The van der Waals surface area contributed by atoms with Gasteiger partial charge in [0.1, 0.15) is 0 Å². The van der Waals surface area contributed by atoms with Gasteiger partial charge >= 0.3 is 5.97 Å². The van der Waals surface area contributed by atoms with Crippen molar-refractivity contribution in [2.75, 3.05) is 18.6 Å². The largest absolute Gasteiger partial charge is 0.481 e. The third-order valence-electron chi connectivity index (χ3n) is 4.11. The van der Waals surface area contributed by atoms with Gasteiger partial charge in [-0.1, -0.05) is 24.3 Å². The van der Waals surface area contributed by atoms with Gasteiger partial charge < -0.3 is 5.11 Å². The van der Waals surface area contributed by atoms with Crippen LogP contribution in [0.4, 0.5) is 0 Å². The zero-order valence-corrected chi connectivity index (χ0v) is 13.1. The van der Waals surface area contributed by atoms with Crippen molar-refractivity contribution < 1.29 is 18.3 Å². The van der Waals surface area contributed by atoms with Gasteiger partial charge in [0.25, 0.3) is 0 Å². The molecule has 6 heteroatoms. The lowest BCUT2D eigenvalue weighted by molar-refractivity contribution is -0.138. The van der Waals surface area contributed by atoms with Gasteiger partial charge in [-0.15, -0.1) is 0 Å². The summed E-state index contributed by atoms with van der Waals surface area (Å²) >= 11 is 0. The number of carboxylic acid groups (broad SMARTS) is 1. The molecule has 1 aromatic carbocycles. The second kappa shape index (κ2) is 6.15. The van der Waals surface area contributed by atoms with Crippen LogP contribution in [0.3, 0.4) is 0 Å². The minimum atomic E-state index is -2.87. The Morgan fingerprint density at radius 2 is 2.00 bits per heavy atom. The molecular formula is C15H21NO4S. The SMILES string of the molecule is CC(C(=O)O)c1ccc(CN(C)C2CCS(=O)(=O)C2)cc1. The average Bonchev–Trinajstić information content (AvgIpc) is 2.79. The molecule has 0 radical (unpaired) electrons. The van der Waals surface area contributed by atoms with Crippen LogP contribution in [-0.4, -0.2) is 49.0 Å². The summed E-state index contributed by atoms with van der Waals surface area (Å²) in [6.45, 7) is 2.33. The maximum atomic E-state index is 11.5. The Morgan fingerprint density at radius 3 is 2.48 bits per heavy atom. The fourth-order valence-corrected chi connectivity index (χ4v) is 4.40. The van der Waals surface area contributed by atoms with E-state index in [0.29, 0.717) is 13.0 Å². The number of sulfone groups is 1. The van der Waals surface area contributed by atoms with Gasteiger partial charge in [-0.2, -0.15) is 0 Å². The first kappa shape index (κ1) is 16.0. The third-order valence-corrected chi connectivity index (χ3v) is 5.86. The van der Waals surface area contributed by atoms with Gasteiger partial charge in [-0.05, 0) is 31.5 Å². The van der Waals surface area contributed by atoms with E-state index in [2.05, 4.69) is 4.90 Å². The number of aliphatic carboxylic acids is 1. The summed E-state index contributed by atoms with van der Waals surface area (Å²) in [6, 6.07) is 7.55. The predicted octanol–water partition coefficient (Wildman–Crippen LogP) is 1.49. The van der Waals surface area contributed by atoms with E-state index in [-0.39, 0.29) is 17.5 Å². The highest BCUT2D eigenvalue weighted by atomic mass is 32.2. The summed E-state index contributed by atoms with van der Waals surface area (Å²) in [5.74, 6) is -0.845. The smallest absolute Gasteiger partial charge is 0.310 e. The van der Waals surface area contributed by atoms with Crippen molar-refractivity contribution in [2.45, 2.75) is 31.8 Å². The first-order chi connectivity index (χ1) is 9.78. The standard InChI is InChI=1S/C15H21NO4S/c1-11(15(17)18)13-5-3-12(4-6-13)9-16(2)14-7-8-21(19,20)10-14/h3-6,11,14H,7-10H2,1-2H3,(H,17,18). The molecule has 2 unspecified atom stereocenters. The third kappa shape index (κ3) is 4.04. The summed E-state index contributed by atoms with van der Waals surface area (Å²) in [4.78, 5) is 13.0. The molecule has 1 N–H and O–H groups in total. The molecule has 0 aromatic heterocycles. The predicted molar refractivity (Wildman–Crippen MR) is 81.0 cm³/mol. The number of nitrogens with zero attached hydrogens (tertiary/aromatic N) is 1. The second-order valence-corrected chi connectivity index (χ2v) is 8.00. The molecule has 1 aliphatic heterocycles. The first-order valence-electron chi connectivity index (χ1n) is 7.01. The van der Waals surface area contributed by atoms with E-state index in [4.69, 9.17) is 5.11 Å². The van der Waals surface area contributed by atoms with Crippen LogP contribution in [0.2, 0.25) is 0 Å². The summed E-state index contributed by atoms with van der Waals surface area (Å²) in [5.41, 5.74) is 1.83. The summed E-state index contributed by atoms with van der Waals surface area (Å²) in [7, 11) is -0.937. The van der Waals surface area contributed by atoms with Crippen molar-refractivity contribution in [3.05, 3.63) is 35.4 Å². The number of benzene rings is 1. The van der Waals surface area contributed by atoms with Gasteiger partial charge in [0.2, 0.25) is 0 Å². The molecule has 1 fully saturated rings. The summed E-state index contributed by atoms with van der Waals surface area (Å²) in [5, 5.41) is 8.98. The van der Waals surface area contributed by atoms with Crippen LogP contribution in [-0.2, 0) is 21.2 Å². The van der Waals surface area contributed by atoms with Crippen LogP contribution >= 0.6 is 0 Å².